The van der Waals surface area contributed by atoms with Crippen molar-refractivity contribution in [3.63, 3.8) is 0 Å². The summed E-state index contributed by atoms with van der Waals surface area (Å²) in [5, 5.41) is 4.30. The van der Waals surface area contributed by atoms with Gasteiger partial charge in [0.25, 0.3) is 0 Å². The van der Waals surface area contributed by atoms with E-state index in [-0.39, 0.29) is 5.63 Å². The Labute approximate surface area is 124 Å². The van der Waals surface area contributed by atoms with Crippen molar-refractivity contribution in [3.8, 4) is 0 Å². The first-order valence-corrected chi connectivity index (χ1v) is 7.56. The van der Waals surface area contributed by atoms with Crippen LogP contribution in [0, 0.1) is 12.8 Å². The predicted octanol–water partition coefficient (Wildman–Crippen LogP) is 2.14. The lowest BCUT2D eigenvalue weighted by Gasteiger charge is -2.17. The molecule has 0 aliphatic carbocycles. The molecule has 1 saturated heterocycles. The van der Waals surface area contributed by atoms with Crippen molar-refractivity contribution in [1.29, 1.82) is 0 Å². The number of fused-ring (bicyclic) bond motifs is 1. The van der Waals surface area contributed by atoms with E-state index < -0.39 is 0 Å². The topological polar surface area (TPSA) is 45.5 Å². The third-order valence-electron chi connectivity index (χ3n) is 4.24. The first-order chi connectivity index (χ1) is 10.2. The van der Waals surface area contributed by atoms with Gasteiger partial charge in [0.1, 0.15) is 5.58 Å². The molecule has 1 aromatic heterocycles. The smallest absolute Gasteiger partial charge is 0.336 e. The molecular weight excluding hydrogens is 264 g/mol. The lowest BCUT2D eigenvalue weighted by molar-refractivity contribution is 0.316. The van der Waals surface area contributed by atoms with Crippen LogP contribution >= 0.6 is 0 Å². The van der Waals surface area contributed by atoms with Gasteiger partial charge in [-0.2, -0.15) is 0 Å². The number of hydrogen-bond acceptors (Lipinski definition) is 4. The van der Waals surface area contributed by atoms with Gasteiger partial charge in [-0.3, -0.25) is 4.90 Å². The Morgan fingerprint density at radius 3 is 3.05 bits per heavy atom. The fourth-order valence-electron chi connectivity index (χ4n) is 3.22. The second-order valence-electron chi connectivity index (χ2n) is 6.04. The van der Waals surface area contributed by atoms with Crippen LogP contribution in [0.25, 0.3) is 11.0 Å². The Hall–Kier alpha value is -1.65. The van der Waals surface area contributed by atoms with Crippen molar-refractivity contribution in [2.45, 2.75) is 19.9 Å². The molecule has 2 aromatic rings. The lowest BCUT2D eigenvalue weighted by Crippen LogP contribution is -2.24. The van der Waals surface area contributed by atoms with Gasteiger partial charge in [-0.1, -0.05) is 12.1 Å². The summed E-state index contributed by atoms with van der Waals surface area (Å²) in [6, 6.07) is 7.71. The van der Waals surface area contributed by atoms with Gasteiger partial charge < -0.3 is 9.73 Å². The standard InChI is InChI=1S/C17H22N2O2/c1-12-3-4-15-14(8-17(20)21-16(15)7-12)11-19-6-5-13(10-19)9-18-2/h3-4,7-8,13,18H,5-6,9-11H2,1-2H3. The number of nitrogens with zero attached hydrogens (tertiary/aromatic N) is 1. The SMILES string of the molecule is CNCC1CCN(Cc2cc(=O)oc3cc(C)ccc23)C1. The van der Waals surface area contributed by atoms with Crippen LogP contribution in [-0.4, -0.2) is 31.6 Å². The highest BCUT2D eigenvalue weighted by molar-refractivity contribution is 5.80. The molecule has 1 N–H and O–H groups in total. The van der Waals surface area contributed by atoms with Crippen LogP contribution in [0.15, 0.2) is 33.5 Å². The molecule has 0 spiro atoms. The Morgan fingerprint density at radius 1 is 1.38 bits per heavy atom. The second-order valence-corrected chi connectivity index (χ2v) is 6.04. The summed E-state index contributed by atoms with van der Waals surface area (Å²) in [7, 11) is 2.00. The van der Waals surface area contributed by atoms with Gasteiger partial charge >= 0.3 is 5.63 Å². The van der Waals surface area contributed by atoms with Crippen molar-refractivity contribution in [2.75, 3.05) is 26.7 Å². The van der Waals surface area contributed by atoms with E-state index in [9.17, 15) is 4.79 Å². The minimum atomic E-state index is -0.255. The fourth-order valence-corrected chi connectivity index (χ4v) is 3.22. The van der Waals surface area contributed by atoms with E-state index in [0.29, 0.717) is 11.5 Å². The third kappa shape index (κ3) is 3.17. The average Bonchev–Trinajstić information content (AvgIpc) is 2.85. The van der Waals surface area contributed by atoms with Gasteiger partial charge in [0.15, 0.2) is 0 Å². The van der Waals surface area contributed by atoms with Gasteiger partial charge in [-0.05, 0) is 56.6 Å². The molecule has 3 rings (SSSR count). The molecule has 21 heavy (non-hydrogen) atoms. The fraction of sp³-hybridized carbons (Fsp3) is 0.471. The van der Waals surface area contributed by atoms with E-state index in [0.717, 1.165) is 42.7 Å². The van der Waals surface area contributed by atoms with E-state index in [2.05, 4.69) is 22.3 Å². The molecular formula is C17H22N2O2. The highest BCUT2D eigenvalue weighted by Gasteiger charge is 2.22. The molecule has 2 heterocycles. The zero-order chi connectivity index (χ0) is 14.8. The van der Waals surface area contributed by atoms with Gasteiger partial charge in [-0.25, -0.2) is 4.79 Å². The van der Waals surface area contributed by atoms with Crippen molar-refractivity contribution >= 4 is 11.0 Å². The lowest BCUT2D eigenvalue weighted by atomic mass is 10.1. The largest absolute Gasteiger partial charge is 0.423 e. The third-order valence-corrected chi connectivity index (χ3v) is 4.24. The van der Waals surface area contributed by atoms with Crippen molar-refractivity contribution in [3.05, 3.63) is 45.8 Å². The molecule has 112 valence electrons. The Morgan fingerprint density at radius 2 is 2.24 bits per heavy atom. The summed E-state index contributed by atoms with van der Waals surface area (Å²) in [6.45, 7) is 6.09. The molecule has 1 aromatic carbocycles. The van der Waals surface area contributed by atoms with E-state index in [1.807, 2.05) is 20.0 Å². The van der Waals surface area contributed by atoms with Crippen LogP contribution in [0.1, 0.15) is 17.5 Å². The molecule has 0 bridgehead atoms. The van der Waals surface area contributed by atoms with E-state index in [4.69, 9.17) is 4.42 Å². The summed E-state index contributed by atoms with van der Waals surface area (Å²) in [4.78, 5) is 14.2. The van der Waals surface area contributed by atoms with Gasteiger partial charge in [-0.15, -0.1) is 0 Å². The average molecular weight is 286 g/mol. The van der Waals surface area contributed by atoms with E-state index in [1.165, 1.54) is 6.42 Å². The summed E-state index contributed by atoms with van der Waals surface area (Å²) >= 11 is 0. The zero-order valence-electron chi connectivity index (χ0n) is 12.7. The summed E-state index contributed by atoms with van der Waals surface area (Å²) in [6.07, 6.45) is 1.22. The minimum absolute atomic E-state index is 0.255. The monoisotopic (exact) mass is 286 g/mol. The summed E-state index contributed by atoms with van der Waals surface area (Å²) in [5.41, 5.74) is 2.63. The molecule has 0 saturated carbocycles. The highest BCUT2D eigenvalue weighted by atomic mass is 16.4. The predicted molar refractivity (Wildman–Crippen MR) is 84.5 cm³/mol. The molecule has 0 amide bonds. The molecule has 1 unspecified atom stereocenters. The maximum atomic E-state index is 11.8. The van der Waals surface area contributed by atoms with Crippen LogP contribution < -0.4 is 10.9 Å². The van der Waals surface area contributed by atoms with Crippen molar-refractivity contribution < 1.29 is 4.42 Å². The molecule has 1 atom stereocenters. The molecule has 1 aliphatic rings. The summed E-state index contributed by atoms with van der Waals surface area (Å²) < 4.78 is 5.32. The molecule has 1 aliphatic heterocycles. The number of hydrogen-bond donors (Lipinski definition) is 1. The van der Waals surface area contributed by atoms with Gasteiger partial charge in [0.05, 0.1) is 0 Å². The maximum absolute atomic E-state index is 11.8. The second kappa shape index (κ2) is 6.00. The quantitative estimate of drug-likeness (QED) is 0.875. The molecule has 0 radical (unpaired) electrons. The number of rotatable bonds is 4. The van der Waals surface area contributed by atoms with Crippen LogP contribution in [-0.2, 0) is 6.54 Å². The number of likely N-dealkylation sites (tertiary alicyclic amines) is 1. The van der Waals surface area contributed by atoms with E-state index >= 15 is 0 Å². The molecule has 1 fully saturated rings. The Balaban J connectivity index is 1.85. The Bertz CT molecular complexity index is 693. The van der Waals surface area contributed by atoms with Gasteiger partial charge in [0, 0.05) is 24.5 Å². The summed E-state index contributed by atoms with van der Waals surface area (Å²) in [5.74, 6) is 0.712. The van der Waals surface area contributed by atoms with E-state index in [1.54, 1.807) is 6.07 Å². The van der Waals surface area contributed by atoms with Gasteiger partial charge in [0.2, 0.25) is 0 Å². The number of aryl methyl sites for hydroxylation is 1. The van der Waals surface area contributed by atoms with Crippen LogP contribution in [0.3, 0.4) is 0 Å². The zero-order valence-corrected chi connectivity index (χ0v) is 12.7. The normalized spacial score (nSPS) is 19.4. The van der Waals surface area contributed by atoms with Crippen LogP contribution in [0.4, 0.5) is 0 Å². The van der Waals surface area contributed by atoms with Crippen LogP contribution in [0.5, 0.6) is 0 Å². The van der Waals surface area contributed by atoms with Crippen molar-refractivity contribution in [2.24, 2.45) is 5.92 Å². The number of benzene rings is 1. The first kappa shape index (κ1) is 14.3. The van der Waals surface area contributed by atoms with Crippen LogP contribution in [0.2, 0.25) is 0 Å². The molecule has 4 heteroatoms. The number of nitrogens with one attached hydrogen (secondary N) is 1. The Kier molecular flexibility index (Phi) is 4.08. The first-order valence-electron chi connectivity index (χ1n) is 7.56. The van der Waals surface area contributed by atoms with Crippen molar-refractivity contribution in [1.82, 2.24) is 10.2 Å². The molecule has 4 nitrogen and oxygen atoms in total. The highest BCUT2D eigenvalue weighted by Crippen LogP contribution is 2.23. The minimum Gasteiger partial charge on any atom is -0.423 e. The maximum Gasteiger partial charge on any atom is 0.336 e.